The number of rotatable bonds is 6. The molecule has 0 saturated carbocycles. The molecule has 3 nitrogen and oxygen atoms in total. The first-order chi connectivity index (χ1) is 7.69. The maximum atomic E-state index is 13.3. The largest absolute Gasteiger partial charge is 0.494 e. The number of methoxy groups -OCH3 is 1. The lowest BCUT2D eigenvalue weighted by atomic mass is 10.1. The minimum atomic E-state index is -0.503. The second-order valence-corrected chi connectivity index (χ2v) is 3.38. The normalized spacial score (nSPS) is 10.2. The van der Waals surface area contributed by atoms with Crippen LogP contribution in [0.4, 0.5) is 4.39 Å². The van der Waals surface area contributed by atoms with E-state index in [9.17, 15) is 9.18 Å². The smallest absolute Gasteiger partial charge is 0.165 e. The molecule has 0 heterocycles. The van der Waals surface area contributed by atoms with Crippen LogP contribution in [0.3, 0.4) is 0 Å². The van der Waals surface area contributed by atoms with Crippen molar-refractivity contribution in [3.05, 3.63) is 29.6 Å². The molecule has 0 unspecified atom stereocenters. The number of hydrogen-bond donors (Lipinski definition) is 1. The number of benzene rings is 1. The van der Waals surface area contributed by atoms with Gasteiger partial charge in [-0.1, -0.05) is 6.92 Å². The van der Waals surface area contributed by atoms with Gasteiger partial charge in [-0.3, -0.25) is 4.79 Å². The fourth-order valence-electron chi connectivity index (χ4n) is 1.36. The molecule has 88 valence electrons. The van der Waals surface area contributed by atoms with Gasteiger partial charge in [0, 0.05) is 18.5 Å². The molecule has 1 aromatic carbocycles. The molecule has 0 saturated heterocycles. The van der Waals surface area contributed by atoms with Gasteiger partial charge < -0.3 is 10.1 Å². The van der Waals surface area contributed by atoms with Crippen molar-refractivity contribution in [2.24, 2.45) is 0 Å². The average Bonchev–Trinajstić information content (AvgIpc) is 2.29. The van der Waals surface area contributed by atoms with E-state index >= 15 is 0 Å². The number of Topliss-reactive ketones (excluding diaryl/α,β-unsaturated/α-hetero) is 1. The molecular weight excluding hydrogens is 209 g/mol. The standard InChI is InChI=1S/C12H16FNO2/c1-3-14-7-6-11(15)9-4-5-12(16-2)10(13)8-9/h4-5,8,14H,3,6-7H2,1-2H3. The molecule has 0 aliphatic heterocycles. The van der Waals surface area contributed by atoms with Gasteiger partial charge in [0.2, 0.25) is 0 Å². The number of ketones is 1. The highest BCUT2D eigenvalue weighted by Crippen LogP contribution is 2.18. The van der Waals surface area contributed by atoms with Crippen LogP contribution in [-0.2, 0) is 0 Å². The Labute approximate surface area is 94.6 Å². The summed E-state index contributed by atoms with van der Waals surface area (Å²) in [5.41, 5.74) is 0.385. The van der Waals surface area contributed by atoms with E-state index in [-0.39, 0.29) is 11.5 Å². The van der Waals surface area contributed by atoms with Crippen molar-refractivity contribution in [3.8, 4) is 5.75 Å². The Morgan fingerprint density at radius 2 is 2.25 bits per heavy atom. The van der Waals surface area contributed by atoms with Crippen LogP contribution in [-0.4, -0.2) is 26.0 Å². The predicted molar refractivity (Wildman–Crippen MR) is 60.4 cm³/mol. The Morgan fingerprint density at radius 3 is 2.81 bits per heavy atom. The Hall–Kier alpha value is -1.42. The van der Waals surface area contributed by atoms with Crippen LogP contribution in [0.2, 0.25) is 0 Å². The first-order valence-corrected chi connectivity index (χ1v) is 5.26. The molecule has 4 heteroatoms. The lowest BCUT2D eigenvalue weighted by Crippen LogP contribution is -2.17. The van der Waals surface area contributed by atoms with Crippen molar-refractivity contribution in [3.63, 3.8) is 0 Å². The van der Waals surface area contributed by atoms with E-state index in [1.165, 1.54) is 19.2 Å². The maximum Gasteiger partial charge on any atom is 0.165 e. The van der Waals surface area contributed by atoms with Gasteiger partial charge in [0.05, 0.1) is 7.11 Å². The highest BCUT2D eigenvalue weighted by molar-refractivity contribution is 5.96. The number of nitrogens with one attached hydrogen (secondary N) is 1. The van der Waals surface area contributed by atoms with Gasteiger partial charge in [0.15, 0.2) is 17.3 Å². The summed E-state index contributed by atoms with van der Waals surface area (Å²) in [7, 11) is 1.39. The van der Waals surface area contributed by atoms with Crippen molar-refractivity contribution in [1.82, 2.24) is 5.32 Å². The van der Waals surface area contributed by atoms with E-state index in [2.05, 4.69) is 5.32 Å². The van der Waals surface area contributed by atoms with Crippen LogP contribution in [0.5, 0.6) is 5.75 Å². The Balaban J connectivity index is 2.66. The number of carbonyl (C=O) groups is 1. The Morgan fingerprint density at radius 1 is 1.50 bits per heavy atom. The third-order valence-electron chi connectivity index (χ3n) is 2.25. The van der Waals surface area contributed by atoms with E-state index < -0.39 is 5.82 Å². The number of halogens is 1. The molecule has 0 atom stereocenters. The quantitative estimate of drug-likeness (QED) is 0.594. The molecule has 16 heavy (non-hydrogen) atoms. The van der Waals surface area contributed by atoms with E-state index in [4.69, 9.17) is 4.74 Å². The van der Waals surface area contributed by atoms with Gasteiger partial charge in [-0.2, -0.15) is 0 Å². The molecule has 0 radical (unpaired) electrons. The SMILES string of the molecule is CCNCCC(=O)c1ccc(OC)c(F)c1. The second-order valence-electron chi connectivity index (χ2n) is 3.38. The summed E-state index contributed by atoms with van der Waals surface area (Å²) >= 11 is 0. The zero-order valence-electron chi connectivity index (χ0n) is 9.55. The lowest BCUT2D eigenvalue weighted by molar-refractivity contribution is 0.0982. The third-order valence-corrected chi connectivity index (χ3v) is 2.25. The van der Waals surface area contributed by atoms with Crippen molar-refractivity contribution < 1.29 is 13.9 Å². The summed E-state index contributed by atoms with van der Waals surface area (Å²) in [6, 6.07) is 4.26. The van der Waals surface area contributed by atoms with Crippen molar-refractivity contribution in [2.75, 3.05) is 20.2 Å². The van der Waals surface area contributed by atoms with Gasteiger partial charge in [-0.05, 0) is 24.7 Å². The fourth-order valence-corrected chi connectivity index (χ4v) is 1.36. The minimum Gasteiger partial charge on any atom is -0.494 e. The average molecular weight is 225 g/mol. The molecule has 0 fully saturated rings. The topological polar surface area (TPSA) is 38.3 Å². The van der Waals surface area contributed by atoms with Gasteiger partial charge in [0.1, 0.15) is 0 Å². The molecule has 1 rings (SSSR count). The van der Waals surface area contributed by atoms with E-state index in [1.54, 1.807) is 6.07 Å². The van der Waals surface area contributed by atoms with E-state index in [0.717, 1.165) is 6.54 Å². The van der Waals surface area contributed by atoms with Crippen LogP contribution in [0.1, 0.15) is 23.7 Å². The molecule has 1 aromatic rings. The number of ether oxygens (including phenoxy) is 1. The fraction of sp³-hybridized carbons (Fsp3) is 0.417. The highest BCUT2D eigenvalue weighted by atomic mass is 19.1. The summed E-state index contributed by atoms with van der Waals surface area (Å²) in [6.07, 6.45) is 0.375. The van der Waals surface area contributed by atoms with E-state index in [0.29, 0.717) is 18.5 Å². The van der Waals surface area contributed by atoms with Crippen LogP contribution in [0.15, 0.2) is 18.2 Å². The zero-order valence-corrected chi connectivity index (χ0v) is 9.55. The van der Waals surface area contributed by atoms with Gasteiger partial charge in [-0.15, -0.1) is 0 Å². The monoisotopic (exact) mass is 225 g/mol. The third kappa shape index (κ3) is 3.31. The van der Waals surface area contributed by atoms with Gasteiger partial charge in [0.25, 0.3) is 0 Å². The minimum absolute atomic E-state index is 0.0671. The summed E-state index contributed by atoms with van der Waals surface area (Å²) < 4.78 is 18.1. The molecule has 0 aromatic heterocycles. The maximum absolute atomic E-state index is 13.3. The first-order valence-electron chi connectivity index (χ1n) is 5.26. The zero-order chi connectivity index (χ0) is 12.0. The van der Waals surface area contributed by atoms with Crippen molar-refractivity contribution in [1.29, 1.82) is 0 Å². The second kappa shape index (κ2) is 6.23. The van der Waals surface area contributed by atoms with Gasteiger partial charge in [-0.25, -0.2) is 4.39 Å². The van der Waals surface area contributed by atoms with Crippen molar-refractivity contribution in [2.45, 2.75) is 13.3 Å². The molecule has 0 bridgehead atoms. The number of hydrogen-bond acceptors (Lipinski definition) is 3. The summed E-state index contributed by atoms with van der Waals surface area (Å²) in [5, 5.41) is 3.05. The number of carbonyl (C=O) groups excluding carboxylic acids is 1. The first kappa shape index (κ1) is 12.6. The van der Waals surface area contributed by atoms with Crippen LogP contribution >= 0.6 is 0 Å². The molecule has 1 N–H and O–H groups in total. The summed E-state index contributed by atoms with van der Waals surface area (Å²) in [4.78, 5) is 11.6. The van der Waals surface area contributed by atoms with Gasteiger partial charge >= 0.3 is 0 Å². The summed E-state index contributed by atoms with van der Waals surface area (Å²) in [5.74, 6) is -0.414. The lowest BCUT2D eigenvalue weighted by Gasteiger charge is -2.05. The molecule has 0 aliphatic carbocycles. The molecule has 0 spiro atoms. The Bertz CT molecular complexity index is 366. The predicted octanol–water partition coefficient (Wildman–Crippen LogP) is 2.02. The van der Waals surface area contributed by atoms with Crippen LogP contribution < -0.4 is 10.1 Å². The van der Waals surface area contributed by atoms with Crippen LogP contribution in [0, 0.1) is 5.82 Å². The molecule has 0 aliphatic rings. The van der Waals surface area contributed by atoms with Crippen molar-refractivity contribution >= 4 is 5.78 Å². The molecule has 0 amide bonds. The molecular formula is C12H16FNO2. The Kier molecular flexibility index (Phi) is 4.92. The summed E-state index contributed by atoms with van der Waals surface area (Å²) in [6.45, 7) is 3.41. The van der Waals surface area contributed by atoms with E-state index in [1.807, 2.05) is 6.92 Å². The highest BCUT2D eigenvalue weighted by Gasteiger charge is 2.09. The van der Waals surface area contributed by atoms with Crippen LogP contribution in [0.25, 0.3) is 0 Å².